The fourth-order valence-electron chi connectivity index (χ4n) is 3.82. The average molecular weight is 268 g/mol. The van der Waals surface area contributed by atoms with Gasteiger partial charge < -0.3 is 10.1 Å². The van der Waals surface area contributed by atoms with Crippen LogP contribution < -0.4 is 5.32 Å². The summed E-state index contributed by atoms with van der Waals surface area (Å²) < 4.78 is 5.80. The summed E-state index contributed by atoms with van der Waals surface area (Å²) >= 11 is 0. The van der Waals surface area contributed by atoms with Gasteiger partial charge in [-0.3, -0.25) is 4.90 Å². The van der Waals surface area contributed by atoms with Gasteiger partial charge in [-0.2, -0.15) is 0 Å². The summed E-state index contributed by atoms with van der Waals surface area (Å²) in [5, 5.41) is 3.84. The summed E-state index contributed by atoms with van der Waals surface area (Å²) in [5.41, 5.74) is 0.558. The second-order valence-corrected chi connectivity index (χ2v) is 6.71. The highest BCUT2D eigenvalue weighted by molar-refractivity contribution is 5.02. The van der Waals surface area contributed by atoms with Crippen LogP contribution in [-0.4, -0.2) is 48.3 Å². The fraction of sp³-hybridized carbons (Fsp3) is 1.00. The topological polar surface area (TPSA) is 24.5 Å². The van der Waals surface area contributed by atoms with Gasteiger partial charge in [0.2, 0.25) is 0 Å². The average Bonchev–Trinajstić information content (AvgIpc) is 2.47. The molecule has 2 atom stereocenters. The Labute approximate surface area is 119 Å². The van der Waals surface area contributed by atoms with E-state index in [4.69, 9.17) is 4.74 Å². The molecular formula is C16H32N2O. The molecule has 2 saturated heterocycles. The van der Waals surface area contributed by atoms with Crippen LogP contribution >= 0.6 is 0 Å². The quantitative estimate of drug-likeness (QED) is 0.848. The molecule has 2 aliphatic heterocycles. The van der Waals surface area contributed by atoms with Crippen molar-refractivity contribution in [3.8, 4) is 0 Å². The van der Waals surface area contributed by atoms with Gasteiger partial charge in [0, 0.05) is 36.8 Å². The largest absolute Gasteiger partial charge is 0.380 e. The molecule has 112 valence electrons. The molecule has 2 aliphatic rings. The van der Waals surface area contributed by atoms with Crippen LogP contribution in [0.15, 0.2) is 0 Å². The maximum absolute atomic E-state index is 5.80. The predicted octanol–water partition coefficient (Wildman–Crippen LogP) is 2.80. The van der Waals surface area contributed by atoms with E-state index in [-0.39, 0.29) is 5.54 Å². The van der Waals surface area contributed by atoms with Crippen molar-refractivity contribution >= 4 is 0 Å². The van der Waals surface area contributed by atoms with Crippen LogP contribution in [0.1, 0.15) is 59.8 Å². The van der Waals surface area contributed by atoms with Crippen LogP contribution in [0.3, 0.4) is 0 Å². The van der Waals surface area contributed by atoms with Crippen LogP contribution in [0.2, 0.25) is 0 Å². The van der Waals surface area contributed by atoms with Gasteiger partial charge in [-0.15, -0.1) is 0 Å². The molecule has 19 heavy (non-hydrogen) atoms. The Bertz CT molecular complexity index is 282. The lowest BCUT2D eigenvalue weighted by atomic mass is 9.82. The van der Waals surface area contributed by atoms with Crippen molar-refractivity contribution in [1.82, 2.24) is 10.2 Å². The van der Waals surface area contributed by atoms with E-state index in [9.17, 15) is 0 Å². The predicted molar refractivity (Wildman–Crippen MR) is 80.6 cm³/mol. The van der Waals surface area contributed by atoms with Crippen molar-refractivity contribution < 1.29 is 4.74 Å². The Balaban J connectivity index is 2.17. The molecule has 0 aromatic rings. The third-order valence-corrected chi connectivity index (χ3v) is 5.56. The van der Waals surface area contributed by atoms with E-state index < -0.39 is 0 Å². The second-order valence-electron chi connectivity index (χ2n) is 6.71. The van der Waals surface area contributed by atoms with E-state index in [1.165, 1.54) is 38.6 Å². The Morgan fingerprint density at radius 1 is 1.26 bits per heavy atom. The third-order valence-electron chi connectivity index (χ3n) is 5.56. The molecule has 3 nitrogen and oxygen atoms in total. The summed E-state index contributed by atoms with van der Waals surface area (Å²) in [5.74, 6) is 0. The maximum Gasteiger partial charge on any atom is 0.0647 e. The van der Waals surface area contributed by atoms with Crippen molar-refractivity contribution in [2.24, 2.45) is 0 Å². The second kappa shape index (κ2) is 6.11. The van der Waals surface area contributed by atoms with Crippen molar-refractivity contribution in [3.05, 3.63) is 0 Å². The monoisotopic (exact) mass is 268 g/mol. The van der Waals surface area contributed by atoms with Crippen molar-refractivity contribution in [1.29, 1.82) is 0 Å². The first-order valence-electron chi connectivity index (χ1n) is 8.18. The standard InChI is InChI=1S/C16H32N2O/c1-5-14-11-17-16(6-2,7-3)12-18(14)15(4)9-8-10-19-13-15/h14,17H,5-13H2,1-4H3. The van der Waals surface area contributed by atoms with Crippen LogP contribution in [0.5, 0.6) is 0 Å². The van der Waals surface area contributed by atoms with Crippen LogP contribution in [0, 0.1) is 0 Å². The summed E-state index contributed by atoms with van der Waals surface area (Å²) in [7, 11) is 0. The zero-order chi connectivity index (χ0) is 13.9. The first kappa shape index (κ1) is 15.3. The fourth-order valence-corrected chi connectivity index (χ4v) is 3.82. The van der Waals surface area contributed by atoms with Gasteiger partial charge in [0.25, 0.3) is 0 Å². The highest BCUT2D eigenvalue weighted by Gasteiger charge is 2.44. The van der Waals surface area contributed by atoms with Crippen LogP contribution in [-0.2, 0) is 4.74 Å². The number of ether oxygens (including phenoxy) is 1. The van der Waals surface area contributed by atoms with Crippen LogP contribution in [0.4, 0.5) is 0 Å². The summed E-state index contributed by atoms with van der Waals surface area (Å²) in [6, 6.07) is 0.665. The van der Waals surface area contributed by atoms with Gasteiger partial charge in [-0.1, -0.05) is 20.8 Å². The van der Waals surface area contributed by atoms with Crippen molar-refractivity contribution in [2.45, 2.75) is 76.9 Å². The van der Waals surface area contributed by atoms with Gasteiger partial charge in [0.1, 0.15) is 0 Å². The molecule has 2 unspecified atom stereocenters. The Kier molecular flexibility index (Phi) is 4.91. The lowest BCUT2D eigenvalue weighted by Crippen LogP contribution is -2.69. The van der Waals surface area contributed by atoms with Crippen LogP contribution in [0.25, 0.3) is 0 Å². The van der Waals surface area contributed by atoms with Crippen molar-refractivity contribution in [3.63, 3.8) is 0 Å². The summed E-state index contributed by atoms with van der Waals surface area (Å²) in [4.78, 5) is 2.77. The molecule has 2 heterocycles. The maximum atomic E-state index is 5.80. The molecule has 0 spiro atoms. The SMILES string of the molecule is CCC1CNC(CC)(CC)CN1C1(C)CCCOC1. The molecule has 0 bridgehead atoms. The minimum Gasteiger partial charge on any atom is -0.380 e. The zero-order valence-electron chi connectivity index (χ0n) is 13.3. The summed E-state index contributed by atoms with van der Waals surface area (Å²) in [6.45, 7) is 13.5. The molecule has 0 aliphatic carbocycles. The zero-order valence-corrected chi connectivity index (χ0v) is 13.3. The van der Waals surface area contributed by atoms with Gasteiger partial charge in [-0.05, 0) is 39.0 Å². The molecule has 0 amide bonds. The number of piperazine rings is 1. The molecule has 0 radical (unpaired) electrons. The van der Waals surface area contributed by atoms with E-state index in [2.05, 4.69) is 37.9 Å². The molecule has 0 saturated carbocycles. The number of hydrogen-bond donors (Lipinski definition) is 1. The molecule has 2 fully saturated rings. The molecular weight excluding hydrogens is 236 g/mol. The molecule has 0 aromatic carbocycles. The minimum absolute atomic E-state index is 0.247. The Hall–Kier alpha value is -0.120. The highest BCUT2D eigenvalue weighted by atomic mass is 16.5. The van der Waals surface area contributed by atoms with E-state index in [0.29, 0.717) is 11.6 Å². The number of nitrogens with one attached hydrogen (secondary N) is 1. The van der Waals surface area contributed by atoms with E-state index >= 15 is 0 Å². The first-order valence-corrected chi connectivity index (χ1v) is 8.18. The Morgan fingerprint density at radius 2 is 2.00 bits per heavy atom. The van der Waals surface area contributed by atoms with Gasteiger partial charge >= 0.3 is 0 Å². The third kappa shape index (κ3) is 2.98. The van der Waals surface area contributed by atoms with Gasteiger partial charge in [-0.25, -0.2) is 0 Å². The first-order chi connectivity index (χ1) is 9.09. The minimum atomic E-state index is 0.247. The lowest BCUT2D eigenvalue weighted by Gasteiger charge is -2.55. The molecule has 1 N–H and O–H groups in total. The van der Waals surface area contributed by atoms with E-state index in [0.717, 1.165) is 19.8 Å². The normalized spacial score (nSPS) is 36.3. The smallest absolute Gasteiger partial charge is 0.0647 e. The number of rotatable bonds is 4. The highest BCUT2D eigenvalue weighted by Crippen LogP contribution is 2.34. The number of nitrogens with zero attached hydrogens (tertiary/aromatic N) is 1. The van der Waals surface area contributed by atoms with E-state index in [1.54, 1.807) is 0 Å². The number of hydrogen-bond acceptors (Lipinski definition) is 3. The Morgan fingerprint density at radius 3 is 2.53 bits per heavy atom. The van der Waals surface area contributed by atoms with E-state index in [1.807, 2.05) is 0 Å². The molecule has 3 heteroatoms. The van der Waals surface area contributed by atoms with Crippen molar-refractivity contribution in [2.75, 3.05) is 26.3 Å². The van der Waals surface area contributed by atoms with Gasteiger partial charge in [0.05, 0.1) is 6.61 Å². The lowest BCUT2D eigenvalue weighted by molar-refractivity contribution is -0.0851. The summed E-state index contributed by atoms with van der Waals surface area (Å²) in [6.07, 6.45) is 6.15. The van der Waals surface area contributed by atoms with Gasteiger partial charge in [0.15, 0.2) is 0 Å². The molecule has 0 aromatic heterocycles. The molecule has 2 rings (SSSR count).